The molecule has 0 heterocycles. The monoisotopic (exact) mass is 375 g/mol. The molecule has 0 aliphatic rings. The number of hydrogen-bond acceptors (Lipinski definition) is 4. The number of ether oxygens (including phenoxy) is 2. The summed E-state index contributed by atoms with van der Waals surface area (Å²) >= 11 is 11.8. The van der Waals surface area contributed by atoms with Crippen LogP contribution in [-0.4, -0.2) is 12.6 Å². The number of carbonyl (C=O) groups excluding carboxylic acids is 1. The van der Waals surface area contributed by atoms with Crippen LogP contribution in [0.4, 0.5) is 0 Å². The van der Waals surface area contributed by atoms with Crippen LogP contribution in [-0.2, 0) is 16.1 Å². The first-order valence-corrected chi connectivity index (χ1v) is 8.24. The van der Waals surface area contributed by atoms with Crippen LogP contribution in [0.1, 0.15) is 18.1 Å². The van der Waals surface area contributed by atoms with Gasteiger partial charge in [-0.3, -0.25) is 0 Å². The van der Waals surface area contributed by atoms with Crippen LogP contribution in [0.15, 0.2) is 48.0 Å². The molecule has 128 valence electrons. The number of benzene rings is 2. The largest absolute Gasteiger partial charge is 0.489 e. The Labute approximate surface area is 156 Å². The van der Waals surface area contributed by atoms with Crippen molar-refractivity contribution in [2.45, 2.75) is 13.5 Å². The van der Waals surface area contributed by atoms with Gasteiger partial charge in [0, 0.05) is 0 Å². The van der Waals surface area contributed by atoms with E-state index in [0.717, 1.165) is 5.56 Å². The molecule has 0 spiro atoms. The van der Waals surface area contributed by atoms with E-state index in [1.807, 2.05) is 12.1 Å². The summed E-state index contributed by atoms with van der Waals surface area (Å²) in [6.07, 6.45) is 1.47. The van der Waals surface area contributed by atoms with Gasteiger partial charge in [-0.25, -0.2) is 4.79 Å². The van der Waals surface area contributed by atoms with E-state index in [1.165, 1.54) is 6.08 Å². The molecule has 0 N–H and O–H groups in total. The van der Waals surface area contributed by atoms with Crippen molar-refractivity contribution in [2.24, 2.45) is 0 Å². The van der Waals surface area contributed by atoms with Crippen molar-refractivity contribution in [1.29, 1.82) is 5.26 Å². The van der Waals surface area contributed by atoms with Crippen molar-refractivity contribution < 1.29 is 14.3 Å². The highest BCUT2D eigenvalue weighted by Gasteiger charge is 2.09. The van der Waals surface area contributed by atoms with Gasteiger partial charge in [0.15, 0.2) is 0 Å². The molecule has 0 amide bonds. The Bertz CT molecular complexity index is 824. The number of nitrogens with zero attached hydrogens (tertiary/aromatic N) is 1. The zero-order valence-corrected chi connectivity index (χ0v) is 15.0. The standard InChI is InChI=1S/C19H15Cl2NO3/c1-2-24-19(23)15(11-22)9-13-3-6-16(7-4-13)25-12-14-5-8-17(20)18(21)10-14/h3-10H,2,12H2,1H3/b15-9-. The van der Waals surface area contributed by atoms with Crippen LogP contribution >= 0.6 is 23.2 Å². The minimum absolute atomic E-state index is 0.0497. The van der Waals surface area contributed by atoms with Crippen molar-refractivity contribution in [3.05, 3.63) is 69.2 Å². The summed E-state index contributed by atoms with van der Waals surface area (Å²) in [7, 11) is 0. The summed E-state index contributed by atoms with van der Waals surface area (Å²) in [4.78, 5) is 11.6. The second kappa shape index (κ2) is 9.12. The lowest BCUT2D eigenvalue weighted by Gasteiger charge is -2.07. The van der Waals surface area contributed by atoms with Crippen LogP contribution in [0.3, 0.4) is 0 Å². The maximum absolute atomic E-state index is 11.6. The van der Waals surface area contributed by atoms with Gasteiger partial charge in [0.25, 0.3) is 0 Å². The van der Waals surface area contributed by atoms with E-state index in [1.54, 1.807) is 43.3 Å². The molecule has 0 saturated heterocycles. The van der Waals surface area contributed by atoms with Gasteiger partial charge in [-0.15, -0.1) is 0 Å². The highest BCUT2D eigenvalue weighted by Crippen LogP contribution is 2.23. The Balaban J connectivity index is 2.03. The predicted molar refractivity (Wildman–Crippen MR) is 97.5 cm³/mol. The number of carbonyl (C=O) groups is 1. The molecule has 0 unspecified atom stereocenters. The van der Waals surface area contributed by atoms with Gasteiger partial charge in [0.1, 0.15) is 24.0 Å². The number of nitriles is 1. The molecule has 0 aromatic heterocycles. The maximum Gasteiger partial charge on any atom is 0.348 e. The van der Waals surface area contributed by atoms with Crippen molar-refractivity contribution in [3.63, 3.8) is 0 Å². The minimum atomic E-state index is -0.634. The van der Waals surface area contributed by atoms with E-state index in [2.05, 4.69) is 0 Å². The van der Waals surface area contributed by atoms with E-state index in [9.17, 15) is 4.79 Å². The quantitative estimate of drug-likeness (QED) is 0.403. The second-order valence-electron chi connectivity index (χ2n) is 5.00. The topological polar surface area (TPSA) is 59.3 Å². The normalized spacial score (nSPS) is 10.9. The third-order valence-corrected chi connectivity index (χ3v) is 3.94. The SMILES string of the molecule is CCOC(=O)/C(C#N)=C\c1ccc(OCc2ccc(Cl)c(Cl)c2)cc1. The van der Waals surface area contributed by atoms with Gasteiger partial charge < -0.3 is 9.47 Å². The molecule has 25 heavy (non-hydrogen) atoms. The summed E-state index contributed by atoms with van der Waals surface area (Å²) in [5.41, 5.74) is 1.55. The van der Waals surface area contributed by atoms with Crippen molar-refractivity contribution in [2.75, 3.05) is 6.61 Å². The molecule has 0 bridgehead atoms. The van der Waals surface area contributed by atoms with Crippen LogP contribution in [0.2, 0.25) is 10.0 Å². The molecule has 0 saturated carbocycles. The highest BCUT2D eigenvalue weighted by molar-refractivity contribution is 6.42. The first-order chi connectivity index (χ1) is 12.0. The first-order valence-electron chi connectivity index (χ1n) is 7.49. The van der Waals surface area contributed by atoms with Gasteiger partial charge in [0.2, 0.25) is 0 Å². The van der Waals surface area contributed by atoms with Gasteiger partial charge in [-0.05, 0) is 48.4 Å². The zero-order chi connectivity index (χ0) is 18.2. The minimum Gasteiger partial charge on any atom is -0.489 e. The third-order valence-electron chi connectivity index (χ3n) is 3.20. The summed E-state index contributed by atoms with van der Waals surface area (Å²) in [6, 6.07) is 14.2. The Morgan fingerprint density at radius 2 is 1.88 bits per heavy atom. The first kappa shape index (κ1) is 18.9. The van der Waals surface area contributed by atoms with Gasteiger partial charge >= 0.3 is 5.97 Å². The van der Waals surface area contributed by atoms with E-state index >= 15 is 0 Å². The van der Waals surface area contributed by atoms with Gasteiger partial charge in [0.05, 0.1) is 16.7 Å². The smallest absolute Gasteiger partial charge is 0.348 e. The maximum atomic E-state index is 11.6. The number of hydrogen-bond donors (Lipinski definition) is 0. The molecule has 0 aliphatic carbocycles. The molecular formula is C19H15Cl2NO3. The number of esters is 1. The number of rotatable bonds is 6. The zero-order valence-electron chi connectivity index (χ0n) is 13.5. The van der Waals surface area contributed by atoms with Crippen LogP contribution in [0, 0.1) is 11.3 Å². The summed E-state index contributed by atoms with van der Waals surface area (Å²) in [5.74, 6) is 0.0165. The van der Waals surface area contributed by atoms with Gasteiger partial charge in [-0.1, -0.05) is 41.4 Å². The molecule has 6 heteroatoms. The lowest BCUT2D eigenvalue weighted by molar-refractivity contribution is -0.137. The van der Waals surface area contributed by atoms with Crippen molar-refractivity contribution in [1.82, 2.24) is 0 Å². The highest BCUT2D eigenvalue weighted by atomic mass is 35.5. The molecule has 2 aromatic carbocycles. The summed E-state index contributed by atoms with van der Waals surface area (Å²) in [5, 5.41) is 10.0. The lowest BCUT2D eigenvalue weighted by Crippen LogP contribution is -2.05. The predicted octanol–water partition coefficient (Wildman–Crippen LogP) is 5.04. The lowest BCUT2D eigenvalue weighted by atomic mass is 10.1. The molecule has 2 aromatic rings. The molecule has 2 rings (SSSR count). The Morgan fingerprint density at radius 1 is 1.16 bits per heavy atom. The number of halogens is 2. The van der Waals surface area contributed by atoms with E-state index in [-0.39, 0.29) is 12.2 Å². The van der Waals surface area contributed by atoms with Crippen molar-refractivity contribution >= 4 is 35.2 Å². The molecule has 0 radical (unpaired) electrons. The fourth-order valence-electron chi connectivity index (χ4n) is 1.97. The van der Waals surface area contributed by atoms with Gasteiger partial charge in [-0.2, -0.15) is 5.26 Å². The van der Waals surface area contributed by atoms with Crippen LogP contribution in [0.25, 0.3) is 6.08 Å². The average Bonchev–Trinajstić information content (AvgIpc) is 2.62. The fourth-order valence-corrected chi connectivity index (χ4v) is 2.29. The van der Waals surface area contributed by atoms with E-state index in [0.29, 0.717) is 28.0 Å². The Morgan fingerprint density at radius 3 is 2.48 bits per heavy atom. The van der Waals surface area contributed by atoms with E-state index in [4.69, 9.17) is 37.9 Å². The van der Waals surface area contributed by atoms with Crippen molar-refractivity contribution in [3.8, 4) is 11.8 Å². The molecule has 0 aliphatic heterocycles. The average molecular weight is 376 g/mol. The third kappa shape index (κ3) is 5.53. The summed E-state index contributed by atoms with van der Waals surface area (Å²) in [6.45, 7) is 2.25. The van der Waals surface area contributed by atoms with E-state index < -0.39 is 5.97 Å². The molecular weight excluding hydrogens is 361 g/mol. The summed E-state index contributed by atoms with van der Waals surface area (Å²) < 4.78 is 10.5. The Kier molecular flexibility index (Phi) is 6.88. The molecule has 4 nitrogen and oxygen atoms in total. The molecule has 0 fully saturated rings. The van der Waals surface area contributed by atoms with Crippen LogP contribution in [0.5, 0.6) is 5.75 Å². The fraction of sp³-hybridized carbons (Fsp3) is 0.158. The second-order valence-corrected chi connectivity index (χ2v) is 5.81. The van der Waals surface area contributed by atoms with Crippen LogP contribution < -0.4 is 4.74 Å². The Hall–Kier alpha value is -2.48. The molecule has 0 atom stereocenters.